The van der Waals surface area contributed by atoms with E-state index in [0.717, 1.165) is 51.1 Å². The number of hydrogen-bond acceptors (Lipinski definition) is 9. The SMILES string of the molecule is CO[C@@]12CC[C@@]3(C[C@@H]1[C@](C)(O)C(C)(C)C)[C@H]1Cc4ccc(OC(=O)OCCOCCOCI)c5c4[C@@]3(CCN1CC1CC1)[C@H]2O5. The molecule has 7 atom stereocenters. The Bertz CT molecular complexity index is 1310. The molecule has 7 aliphatic rings. The monoisotopic (exact) mass is 739 g/mol. The molecule has 0 radical (unpaired) electrons. The lowest BCUT2D eigenvalue weighted by molar-refractivity contribution is -0.312. The van der Waals surface area contributed by atoms with Crippen LogP contribution >= 0.6 is 22.6 Å². The molecule has 10 heteroatoms. The van der Waals surface area contributed by atoms with Crippen LogP contribution in [-0.2, 0) is 30.8 Å². The van der Waals surface area contributed by atoms with Crippen molar-refractivity contribution in [3.8, 4) is 11.5 Å². The average molecular weight is 740 g/mol. The fourth-order valence-corrected chi connectivity index (χ4v) is 10.5. The Morgan fingerprint density at radius 3 is 2.56 bits per heavy atom. The number of halogens is 1. The summed E-state index contributed by atoms with van der Waals surface area (Å²) in [5.41, 5.74) is 0.156. The van der Waals surface area contributed by atoms with Gasteiger partial charge in [0.2, 0.25) is 0 Å². The normalized spacial score (nSPS) is 35.8. The summed E-state index contributed by atoms with van der Waals surface area (Å²) >= 11 is 2.14. The number of hydrogen-bond donors (Lipinski definition) is 1. The van der Waals surface area contributed by atoms with Gasteiger partial charge in [0.1, 0.15) is 18.3 Å². The molecule has 2 aliphatic heterocycles. The van der Waals surface area contributed by atoms with Crippen molar-refractivity contribution in [2.24, 2.45) is 22.7 Å². The lowest BCUT2D eigenvalue weighted by atomic mass is 9.33. The third kappa shape index (κ3) is 4.73. The van der Waals surface area contributed by atoms with Crippen molar-refractivity contribution in [3.63, 3.8) is 0 Å². The van der Waals surface area contributed by atoms with Gasteiger partial charge in [0.25, 0.3) is 0 Å². The maximum Gasteiger partial charge on any atom is 0.514 e. The highest BCUT2D eigenvalue weighted by atomic mass is 127. The Balaban J connectivity index is 1.24. The minimum absolute atomic E-state index is 0.0687. The third-order valence-electron chi connectivity index (χ3n) is 12.9. The van der Waals surface area contributed by atoms with Crippen LogP contribution in [0.15, 0.2) is 12.1 Å². The van der Waals surface area contributed by atoms with Gasteiger partial charge >= 0.3 is 6.16 Å². The molecule has 0 amide bonds. The lowest BCUT2D eigenvalue weighted by Crippen LogP contribution is -2.83. The van der Waals surface area contributed by atoms with E-state index in [2.05, 4.69) is 54.3 Å². The molecular formula is C35H50INO8. The van der Waals surface area contributed by atoms with E-state index in [1.165, 1.54) is 24.0 Å². The first-order valence-corrected chi connectivity index (χ1v) is 18.4. The van der Waals surface area contributed by atoms with Gasteiger partial charge in [-0.2, -0.15) is 0 Å². The Labute approximate surface area is 281 Å². The number of benzene rings is 1. The van der Waals surface area contributed by atoms with E-state index in [0.29, 0.717) is 35.4 Å². The number of aliphatic hydroxyl groups is 1. The number of fused-ring (bicyclic) bond motifs is 2. The van der Waals surface area contributed by atoms with Crippen molar-refractivity contribution in [1.82, 2.24) is 4.90 Å². The zero-order chi connectivity index (χ0) is 31.8. The maximum absolute atomic E-state index is 12.9. The molecule has 9 nitrogen and oxygen atoms in total. The lowest BCUT2D eigenvalue weighted by Gasteiger charge is -2.75. The van der Waals surface area contributed by atoms with Crippen molar-refractivity contribution in [2.75, 3.05) is 51.2 Å². The molecule has 8 rings (SSSR count). The summed E-state index contributed by atoms with van der Waals surface area (Å²) in [4.78, 5) is 15.7. The fourth-order valence-electron chi connectivity index (χ4n) is 10.2. The summed E-state index contributed by atoms with van der Waals surface area (Å²) in [6.07, 6.45) is 6.30. The smallest absolute Gasteiger partial charge is 0.482 e. The maximum atomic E-state index is 12.9. The molecule has 2 spiro atoms. The zero-order valence-corrected chi connectivity index (χ0v) is 29.7. The largest absolute Gasteiger partial charge is 0.514 e. The van der Waals surface area contributed by atoms with Gasteiger partial charge in [0.15, 0.2) is 11.5 Å². The van der Waals surface area contributed by atoms with Crippen LogP contribution in [0.1, 0.15) is 77.3 Å². The van der Waals surface area contributed by atoms with Gasteiger partial charge in [0, 0.05) is 42.0 Å². The van der Waals surface area contributed by atoms with E-state index < -0.39 is 17.4 Å². The van der Waals surface area contributed by atoms with Gasteiger partial charge < -0.3 is 33.5 Å². The molecule has 1 saturated heterocycles. The fraction of sp³-hybridized carbons (Fsp3) is 0.800. The molecule has 1 aromatic rings. The Morgan fingerprint density at radius 1 is 1.09 bits per heavy atom. The van der Waals surface area contributed by atoms with Gasteiger partial charge in [-0.05, 0) is 81.4 Å². The molecule has 5 fully saturated rings. The first kappa shape index (κ1) is 32.4. The van der Waals surface area contributed by atoms with Crippen LogP contribution in [0.25, 0.3) is 0 Å². The van der Waals surface area contributed by atoms with E-state index in [-0.39, 0.29) is 41.5 Å². The van der Waals surface area contributed by atoms with Crippen LogP contribution in [0.3, 0.4) is 0 Å². The predicted octanol–water partition coefficient (Wildman–Crippen LogP) is 5.65. The molecule has 45 heavy (non-hydrogen) atoms. The highest BCUT2D eigenvalue weighted by Gasteiger charge is 2.82. The molecule has 4 bridgehead atoms. The molecule has 0 aromatic heterocycles. The summed E-state index contributed by atoms with van der Waals surface area (Å²) in [5, 5.41) is 12.4. The van der Waals surface area contributed by atoms with Crippen molar-refractivity contribution < 1.29 is 38.3 Å². The van der Waals surface area contributed by atoms with Gasteiger partial charge in [-0.15, -0.1) is 0 Å². The molecule has 1 aromatic carbocycles. The minimum atomic E-state index is -0.987. The number of carbonyl (C=O) groups is 1. The van der Waals surface area contributed by atoms with Crippen LogP contribution in [-0.4, -0.2) is 90.8 Å². The van der Waals surface area contributed by atoms with Crippen LogP contribution in [0.5, 0.6) is 11.5 Å². The highest BCUT2D eigenvalue weighted by Crippen LogP contribution is 2.78. The molecular weight excluding hydrogens is 689 g/mol. The minimum Gasteiger partial charge on any atom is -0.482 e. The number of piperidine rings is 1. The average Bonchev–Trinajstić information content (AvgIpc) is 3.75. The van der Waals surface area contributed by atoms with Crippen molar-refractivity contribution in [1.29, 1.82) is 0 Å². The summed E-state index contributed by atoms with van der Waals surface area (Å²) in [5.74, 6) is 1.76. The summed E-state index contributed by atoms with van der Waals surface area (Å²) < 4.78 is 36.4. The first-order chi connectivity index (χ1) is 21.4. The van der Waals surface area contributed by atoms with E-state index in [4.69, 9.17) is 28.4 Å². The molecule has 0 unspecified atom stereocenters. The Morgan fingerprint density at radius 2 is 1.84 bits per heavy atom. The quantitative estimate of drug-likeness (QED) is 0.0960. The van der Waals surface area contributed by atoms with Crippen molar-refractivity contribution >= 4 is 28.7 Å². The second-order valence-corrected chi connectivity index (χ2v) is 16.2. The second-order valence-electron chi connectivity index (χ2n) is 15.6. The molecule has 250 valence electrons. The van der Waals surface area contributed by atoms with Crippen LogP contribution in [0.4, 0.5) is 4.79 Å². The summed E-state index contributed by atoms with van der Waals surface area (Å²) in [7, 11) is 1.81. The number of methoxy groups -OCH3 is 1. The first-order valence-electron chi connectivity index (χ1n) is 16.9. The van der Waals surface area contributed by atoms with Gasteiger partial charge in [0.05, 0.1) is 30.0 Å². The van der Waals surface area contributed by atoms with Crippen LogP contribution < -0.4 is 9.47 Å². The van der Waals surface area contributed by atoms with Gasteiger partial charge in [-0.1, -0.05) is 49.4 Å². The summed E-state index contributed by atoms with van der Waals surface area (Å²) in [6, 6.07) is 4.41. The van der Waals surface area contributed by atoms with E-state index in [1.807, 2.05) is 13.0 Å². The molecule has 4 saturated carbocycles. The summed E-state index contributed by atoms with van der Waals surface area (Å²) in [6.45, 7) is 11.9. The third-order valence-corrected chi connectivity index (χ3v) is 13.4. The predicted molar refractivity (Wildman–Crippen MR) is 176 cm³/mol. The topological polar surface area (TPSA) is 95.9 Å². The van der Waals surface area contributed by atoms with E-state index >= 15 is 0 Å². The van der Waals surface area contributed by atoms with E-state index in [1.54, 1.807) is 7.11 Å². The van der Waals surface area contributed by atoms with Crippen molar-refractivity contribution in [3.05, 3.63) is 23.3 Å². The molecule has 2 heterocycles. The Kier molecular flexibility index (Phi) is 8.25. The zero-order valence-electron chi connectivity index (χ0n) is 27.5. The Hall–Kier alpha value is -1.18. The van der Waals surface area contributed by atoms with Crippen LogP contribution in [0, 0.1) is 22.7 Å². The van der Waals surface area contributed by atoms with E-state index in [9.17, 15) is 9.90 Å². The van der Waals surface area contributed by atoms with Crippen molar-refractivity contribution in [2.45, 2.75) is 101 Å². The van der Waals surface area contributed by atoms with Crippen LogP contribution in [0.2, 0.25) is 0 Å². The second kappa shape index (κ2) is 11.5. The number of alkyl halides is 1. The number of carbonyl (C=O) groups excluding carboxylic acids is 1. The van der Waals surface area contributed by atoms with Gasteiger partial charge in [-0.25, -0.2) is 4.79 Å². The highest BCUT2D eigenvalue weighted by molar-refractivity contribution is 14.1. The molecule has 5 aliphatic carbocycles. The number of rotatable bonds is 12. The van der Waals surface area contributed by atoms with Gasteiger partial charge in [-0.3, -0.25) is 4.90 Å². The molecule has 1 N–H and O–H groups in total. The standard InChI is InChI=1S/C35H50INO8/c1-31(2,3)32(4,39)25-19-33-10-11-35(25,40-5)29-34(33)12-13-37(20-22-6-7-22)26(33)18-23-8-9-24(28(45-29)27(23)34)44-30(38)43-17-16-41-14-15-42-21-36/h8-9,22,25-26,29,39H,6-7,10-21H2,1-5H3/t25-,26-,29-,32+,33-,34+,35+/m1/s1. The number of nitrogens with zero attached hydrogens (tertiary/aromatic N) is 1. The number of likely N-dealkylation sites (tertiary alicyclic amines) is 1. The number of ether oxygens (including phenoxy) is 6.